The molecule has 0 aromatic carbocycles. The first-order chi connectivity index (χ1) is 9.69. The lowest BCUT2D eigenvalue weighted by Crippen LogP contribution is -2.17. The van der Waals surface area contributed by atoms with Gasteiger partial charge >= 0.3 is 0 Å². The Kier molecular flexibility index (Phi) is 4.59. The van der Waals surface area contributed by atoms with Crippen molar-refractivity contribution in [2.45, 2.75) is 13.5 Å². The lowest BCUT2D eigenvalue weighted by molar-refractivity contribution is 0.897. The Morgan fingerprint density at radius 3 is 2.45 bits per heavy atom. The second kappa shape index (κ2) is 6.60. The molecule has 0 aliphatic heterocycles. The third kappa shape index (κ3) is 3.74. The molecule has 8 heteroatoms. The van der Waals surface area contributed by atoms with Crippen LogP contribution in [0.3, 0.4) is 0 Å². The van der Waals surface area contributed by atoms with Crippen molar-refractivity contribution in [3.63, 3.8) is 0 Å². The van der Waals surface area contributed by atoms with E-state index in [2.05, 4.69) is 35.8 Å². The Bertz CT molecular complexity index is 542. The van der Waals surface area contributed by atoms with Gasteiger partial charge in [0, 0.05) is 26.8 Å². The molecule has 2 aromatic rings. The molecule has 0 aliphatic carbocycles. The maximum atomic E-state index is 4.33. The summed E-state index contributed by atoms with van der Waals surface area (Å²) in [4.78, 5) is 14.8. The van der Waals surface area contributed by atoms with Gasteiger partial charge in [-0.1, -0.05) is 0 Å². The molecule has 0 unspecified atom stereocenters. The van der Waals surface area contributed by atoms with Gasteiger partial charge in [-0.15, -0.1) is 0 Å². The van der Waals surface area contributed by atoms with Crippen molar-refractivity contribution in [2.75, 3.05) is 36.2 Å². The Morgan fingerprint density at radius 2 is 1.85 bits per heavy atom. The van der Waals surface area contributed by atoms with Crippen LogP contribution in [0.15, 0.2) is 18.3 Å². The normalized spacial score (nSPS) is 10.2. The minimum atomic E-state index is 0.505. The zero-order valence-electron chi connectivity index (χ0n) is 11.8. The third-order valence-corrected chi connectivity index (χ3v) is 2.41. The molecule has 2 rings (SSSR count). The van der Waals surface area contributed by atoms with Crippen molar-refractivity contribution in [2.24, 2.45) is 0 Å². The van der Waals surface area contributed by atoms with E-state index in [1.807, 2.05) is 38.1 Å². The molecule has 0 atom stereocenters. The first-order valence-corrected chi connectivity index (χ1v) is 6.36. The molecule has 0 spiro atoms. The van der Waals surface area contributed by atoms with Crippen LogP contribution in [-0.4, -0.2) is 45.8 Å². The van der Waals surface area contributed by atoms with Crippen molar-refractivity contribution in [3.8, 4) is 0 Å². The minimum Gasteiger partial charge on any atom is -0.354 e. The summed E-state index contributed by atoms with van der Waals surface area (Å²) in [6, 6.07) is 3.73. The van der Waals surface area contributed by atoms with Crippen molar-refractivity contribution >= 4 is 17.8 Å². The molecule has 0 amide bonds. The fourth-order valence-electron chi connectivity index (χ4n) is 1.48. The van der Waals surface area contributed by atoms with E-state index in [9.17, 15) is 0 Å². The summed E-state index contributed by atoms with van der Waals surface area (Å²) in [5.74, 6) is 1.65. The Morgan fingerprint density at radius 1 is 1.10 bits per heavy atom. The van der Waals surface area contributed by atoms with E-state index in [0.29, 0.717) is 24.4 Å². The maximum Gasteiger partial charge on any atom is 0.231 e. The highest BCUT2D eigenvalue weighted by molar-refractivity contribution is 5.42. The van der Waals surface area contributed by atoms with E-state index < -0.39 is 0 Å². The van der Waals surface area contributed by atoms with Gasteiger partial charge in [0.1, 0.15) is 0 Å². The number of nitrogens with one attached hydrogen (secondary N) is 2. The van der Waals surface area contributed by atoms with Crippen LogP contribution in [0.5, 0.6) is 0 Å². The van der Waals surface area contributed by atoms with Crippen LogP contribution in [0.25, 0.3) is 0 Å². The van der Waals surface area contributed by atoms with Crippen LogP contribution in [0.1, 0.15) is 12.6 Å². The van der Waals surface area contributed by atoms with E-state index in [-0.39, 0.29) is 0 Å². The summed E-state index contributed by atoms with van der Waals surface area (Å²) in [7, 11) is 3.77. The van der Waals surface area contributed by atoms with Gasteiger partial charge in [0.05, 0.1) is 12.2 Å². The van der Waals surface area contributed by atoms with Gasteiger partial charge < -0.3 is 15.5 Å². The van der Waals surface area contributed by atoms with Gasteiger partial charge in [-0.2, -0.15) is 25.1 Å². The van der Waals surface area contributed by atoms with Crippen LogP contribution < -0.4 is 15.5 Å². The van der Waals surface area contributed by atoms with E-state index in [1.165, 1.54) is 0 Å². The van der Waals surface area contributed by atoms with E-state index in [1.54, 1.807) is 6.20 Å². The largest absolute Gasteiger partial charge is 0.354 e. The number of hydrogen-bond donors (Lipinski definition) is 2. The van der Waals surface area contributed by atoms with Gasteiger partial charge in [-0.05, 0) is 19.1 Å². The second-order valence-corrected chi connectivity index (χ2v) is 4.28. The zero-order valence-corrected chi connectivity index (χ0v) is 11.8. The lowest BCUT2D eigenvalue weighted by atomic mass is 10.4. The maximum absolute atomic E-state index is 4.33. The molecule has 0 fully saturated rings. The predicted octanol–water partition coefficient (Wildman–Crippen LogP) is 0.771. The second-order valence-electron chi connectivity index (χ2n) is 4.28. The molecule has 0 bridgehead atoms. The first-order valence-electron chi connectivity index (χ1n) is 6.36. The van der Waals surface area contributed by atoms with Crippen LogP contribution in [0.2, 0.25) is 0 Å². The average molecular weight is 274 g/mol. The van der Waals surface area contributed by atoms with Gasteiger partial charge in [-0.3, -0.25) is 0 Å². The molecule has 2 aromatic heterocycles. The number of aromatic nitrogens is 5. The topological polar surface area (TPSA) is 91.8 Å². The fourth-order valence-corrected chi connectivity index (χ4v) is 1.48. The summed E-state index contributed by atoms with van der Waals surface area (Å²) in [6.07, 6.45) is 1.64. The molecule has 0 aliphatic rings. The van der Waals surface area contributed by atoms with Crippen molar-refractivity contribution in [3.05, 3.63) is 24.0 Å². The van der Waals surface area contributed by atoms with Crippen molar-refractivity contribution in [1.82, 2.24) is 25.1 Å². The molecule has 20 heavy (non-hydrogen) atoms. The van der Waals surface area contributed by atoms with Gasteiger partial charge in [0.15, 0.2) is 0 Å². The molecule has 2 N–H and O–H groups in total. The lowest BCUT2D eigenvalue weighted by Gasteiger charge is -2.13. The van der Waals surface area contributed by atoms with Crippen LogP contribution in [0.4, 0.5) is 17.8 Å². The summed E-state index contributed by atoms with van der Waals surface area (Å²) < 4.78 is 0. The monoisotopic (exact) mass is 274 g/mol. The highest BCUT2D eigenvalue weighted by Crippen LogP contribution is 2.11. The molecule has 0 saturated heterocycles. The Balaban J connectivity index is 2.13. The average Bonchev–Trinajstić information content (AvgIpc) is 2.46. The minimum absolute atomic E-state index is 0.505. The Labute approximate surface area is 117 Å². The first kappa shape index (κ1) is 13.9. The molecule has 8 nitrogen and oxygen atoms in total. The van der Waals surface area contributed by atoms with E-state index in [0.717, 1.165) is 12.2 Å². The van der Waals surface area contributed by atoms with E-state index >= 15 is 0 Å². The summed E-state index contributed by atoms with van der Waals surface area (Å²) in [6.45, 7) is 3.25. The molecular formula is C12H18N8. The van der Waals surface area contributed by atoms with Gasteiger partial charge in [-0.25, -0.2) is 0 Å². The summed E-state index contributed by atoms with van der Waals surface area (Å²) >= 11 is 0. The Hall–Kier alpha value is -2.51. The zero-order chi connectivity index (χ0) is 14.4. The smallest absolute Gasteiger partial charge is 0.231 e. The SMILES string of the molecule is CCNc1nc(NCc2cccnn2)nc(N(C)C)n1. The standard InChI is InChI=1S/C12H18N8/c1-4-13-10-16-11(18-12(17-10)20(2)3)14-8-9-6-5-7-15-19-9/h5-7H,4,8H2,1-3H3,(H2,13,14,16,17,18). The van der Waals surface area contributed by atoms with Gasteiger partial charge in [0.25, 0.3) is 0 Å². The van der Waals surface area contributed by atoms with E-state index in [4.69, 9.17) is 0 Å². The van der Waals surface area contributed by atoms with Gasteiger partial charge in [0.2, 0.25) is 17.8 Å². The number of rotatable bonds is 6. The molecular weight excluding hydrogens is 256 g/mol. The molecule has 2 heterocycles. The highest BCUT2D eigenvalue weighted by atomic mass is 15.3. The number of nitrogens with zero attached hydrogens (tertiary/aromatic N) is 6. The third-order valence-electron chi connectivity index (χ3n) is 2.41. The quantitative estimate of drug-likeness (QED) is 0.798. The van der Waals surface area contributed by atoms with Crippen LogP contribution >= 0.6 is 0 Å². The van der Waals surface area contributed by atoms with Crippen molar-refractivity contribution < 1.29 is 0 Å². The number of hydrogen-bond acceptors (Lipinski definition) is 8. The van der Waals surface area contributed by atoms with Crippen LogP contribution in [-0.2, 0) is 6.54 Å². The predicted molar refractivity (Wildman–Crippen MR) is 77.7 cm³/mol. The molecule has 0 saturated carbocycles. The summed E-state index contributed by atoms with van der Waals surface area (Å²) in [5, 5.41) is 14.0. The molecule has 0 radical (unpaired) electrons. The molecule has 106 valence electrons. The number of anilines is 3. The summed E-state index contributed by atoms with van der Waals surface area (Å²) in [5.41, 5.74) is 0.823. The van der Waals surface area contributed by atoms with Crippen molar-refractivity contribution in [1.29, 1.82) is 0 Å². The fraction of sp³-hybridized carbons (Fsp3) is 0.417. The highest BCUT2D eigenvalue weighted by Gasteiger charge is 2.07. The van der Waals surface area contributed by atoms with Crippen LogP contribution in [0, 0.1) is 0 Å².